The Morgan fingerprint density at radius 1 is 1.04 bits per heavy atom. The zero-order chi connectivity index (χ0) is 19.0. The number of rotatable bonds is 3. The average molecular weight is 375 g/mol. The number of benzene rings is 2. The fourth-order valence-electron chi connectivity index (χ4n) is 3.16. The van der Waals surface area contributed by atoms with E-state index >= 15 is 0 Å². The summed E-state index contributed by atoms with van der Waals surface area (Å²) in [5, 5.41) is 10.6. The molecule has 1 aliphatic rings. The van der Waals surface area contributed by atoms with E-state index in [0.29, 0.717) is 17.0 Å². The van der Waals surface area contributed by atoms with Crippen molar-refractivity contribution in [3.05, 3.63) is 91.4 Å². The summed E-state index contributed by atoms with van der Waals surface area (Å²) in [6.07, 6.45) is 4.90. The van der Waals surface area contributed by atoms with Crippen LogP contribution in [0.15, 0.2) is 59.4 Å². The molecule has 5 heteroatoms. The maximum absolute atomic E-state index is 12.4. The second-order valence-electron chi connectivity index (χ2n) is 6.41. The van der Waals surface area contributed by atoms with Crippen LogP contribution in [0.3, 0.4) is 0 Å². The summed E-state index contributed by atoms with van der Waals surface area (Å²) < 4.78 is 1.34. The maximum atomic E-state index is 12.4. The van der Waals surface area contributed by atoms with Crippen LogP contribution in [-0.4, -0.2) is 15.5 Å². The smallest absolute Gasteiger partial charge is 0.310 e. The van der Waals surface area contributed by atoms with Crippen molar-refractivity contribution in [2.75, 3.05) is 0 Å². The highest BCUT2D eigenvalue weighted by Crippen LogP contribution is 2.32. The summed E-state index contributed by atoms with van der Waals surface area (Å²) in [6, 6.07) is 15.3. The van der Waals surface area contributed by atoms with Crippen molar-refractivity contribution in [2.24, 2.45) is 0 Å². The molecule has 4 rings (SSSR count). The third-order valence-electron chi connectivity index (χ3n) is 4.69. The monoisotopic (exact) mass is 375 g/mol. The predicted molar refractivity (Wildman–Crippen MR) is 109 cm³/mol. The van der Waals surface area contributed by atoms with Crippen LogP contribution in [0, 0.1) is 6.92 Å². The molecule has 0 spiro atoms. The van der Waals surface area contributed by atoms with E-state index < -0.39 is 0 Å². The highest BCUT2D eigenvalue weighted by atomic mass is 32.1. The molecule has 134 valence electrons. The van der Waals surface area contributed by atoms with Crippen LogP contribution in [-0.2, 0) is 11.3 Å². The molecule has 3 aromatic rings. The van der Waals surface area contributed by atoms with Crippen molar-refractivity contribution in [1.29, 1.82) is 0 Å². The number of aromatic hydroxyl groups is 1. The van der Waals surface area contributed by atoms with Crippen LogP contribution in [0.1, 0.15) is 27.1 Å². The van der Waals surface area contributed by atoms with E-state index in [9.17, 15) is 14.7 Å². The molecule has 0 bridgehead atoms. The molecule has 2 aromatic carbocycles. The van der Waals surface area contributed by atoms with Gasteiger partial charge in [-0.05, 0) is 41.3 Å². The Morgan fingerprint density at radius 2 is 1.78 bits per heavy atom. The van der Waals surface area contributed by atoms with E-state index in [2.05, 4.69) is 0 Å². The zero-order valence-corrected chi connectivity index (χ0v) is 15.5. The van der Waals surface area contributed by atoms with Crippen LogP contribution in [0.25, 0.3) is 17.7 Å². The van der Waals surface area contributed by atoms with Crippen LogP contribution in [0.2, 0.25) is 0 Å². The first-order valence-electron chi connectivity index (χ1n) is 8.55. The Hall–Kier alpha value is -3.18. The van der Waals surface area contributed by atoms with Gasteiger partial charge in [0.15, 0.2) is 5.78 Å². The van der Waals surface area contributed by atoms with Gasteiger partial charge in [0.25, 0.3) is 0 Å². The van der Waals surface area contributed by atoms with Gasteiger partial charge in [-0.2, -0.15) is 0 Å². The second kappa shape index (κ2) is 6.85. The Morgan fingerprint density at radius 3 is 2.59 bits per heavy atom. The standard InChI is InChI=1S/C22H17NO3S/c1-14-6-2-3-8-16(14)13-23-21(25)20(27-22(23)26)12-18-17-9-5-4-7-15(17)10-11-19(18)24/h2-12,25H,13H2,1H3/b18-12-. The van der Waals surface area contributed by atoms with Crippen molar-refractivity contribution >= 4 is 34.8 Å². The lowest BCUT2D eigenvalue weighted by Gasteiger charge is -2.12. The molecule has 4 nitrogen and oxygen atoms in total. The topological polar surface area (TPSA) is 59.3 Å². The minimum atomic E-state index is -0.255. The van der Waals surface area contributed by atoms with Crippen LogP contribution in [0.5, 0.6) is 5.88 Å². The number of aromatic nitrogens is 1. The Labute approximate surface area is 160 Å². The van der Waals surface area contributed by atoms with Crippen LogP contribution >= 0.6 is 11.3 Å². The van der Waals surface area contributed by atoms with Crippen LogP contribution in [0.4, 0.5) is 0 Å². The van der Waals surface area contributed by atoms with E-state index in [4.69, 9.17) is 0 Å². The molecule has 27 heavy (non-hydrogen) atoms. The molecule has 0 unspecified atom stereocenters. The van der Waals surface area contributed by atoms with Crippen molar-refractivity contribution in [3.8, 4) is 5.88 Å². The zero-order valence-electron chi connectivity index (χ0n) is 14.7. The number of nitrogens with zero attached hydrogens (tertiary/aromatic N) is 1. The first-order chi connectivity index (χ1) is 13.0. The lowest BCUT2D eigenvalue weighted by Crippen LogP contribution is -2.13. The number of carbonyl (C=O) groups is 1. The normalized spacial score (nSPS) is 14.6. The minimum Gasteiger partial charge on any atom is -0.493 e. The molecule has 0 fully saturated rings. The maximum Gasteiger partial charge on any atom is 0.310 e. The van der Waals surface area contributed by atoms with Gasteiger partial charge in [0, 0.05) is 5.57 Å². The molecule has 0 aliphatic heterocycles. The first-order valence-corrected chi connectivity index (χ1v) is 9.37. The summed E-state index contributed by atoms with van der Waals surface area (Å²) in [7, 11) is 0. The molecule has 0 saturated carbocycles. The number of carbonyl (C=O) groups excluding carboxylic acids is 1. The molecule has 0 radical (unpaired) electrons. The number of hydrogen-bond acceptors (Lipinski definition) is 4. The van der Waals surface area contributed by atoms with Gasteiger partial charge in [0.05, 0.1) is 11.4 Å². The van der Waals surface area contributed by atoms with Crippen LogP contribution < -0.4 is 4.87 Å². The predicted octanol–water partition coefficient (Wildman–Crippen LogP) is 4.11. The molecule has 1 aliphatic carbocycles. The molecule has 1 aromatic heterocycles. The summed E-state index contributed by atoms with van der Waals surface area (Å²) in [5.41, 5.74) is 4.24. The molecule has 0 amide bonds. The molecule has 1 heterocycles. The van der Waals surface area contributed by atoms with E-state index in [-0.39, 0.29) is 16.5 Å². The fourth-order valence-corrected chi connectivity index (χ4v) is 3.99. The second-order valence-corrected chi connectivity index (χ2v) is 7.40. The van der Waals surface area contributed by atoms with Gasteiger partial charge in [0.2, 0.25) is 5.88 Å². The summed E-state index contributed by atoms with van der Waals surface area (Å²) in [6.45, 7) is 2.26. The lowest BCUT2D eigenvalue weighted by atomic mass is 9.91. The molecular formula is C22H17NO3S. The van der Waals surface area contributed by atoms with Crippen molar-refractivity contribution < 1.29 is 9.90 Å². The van der Waals surface area contributed by atoms with Gasteiger partial charge >= 0.3 is 4.87 Å². The number of hydrogen-bond donors (Lipinski definition) is 1. The molecule has 1 N–H and O–H groups in total. The number of allylic oxidation sites excluding steroid dienone is 2. The summed E-state index contributed by atoms with van der Waals surface area (Å²) in [5.74, 6) is -0.250. The quantitative estimate of drug-likeness (QED) is 0.701. The van der Waals surface area contributed by atoms with Gasteiger partial charge in [-0.15, -0.1) is 0 Å². The largest absolute Gasteiger partial charge is 0.493 e. The van der Waals surface area contributed by atoms with E-state index in [0.717, 1.165) is 33.6 Å². The summed E-state index contributed by atoms with van der Waals surface area (Å²) in [4.78, 5) is 25.0. The number of fused-ring (bicyclic) bond motifs is 1. The van der Waals surface area contributed by atoms with E-state index in [1.807, 2.05) is 55.5 Å². The number of aryl methyl sites for hydroxylation is 1. The number of ketones is 1. The first kappa shape index (κ1) is 17.2. The molecular weight excluding hydrogens is 358 g/mol. The van der Waals surface area contributed by atoms with Crippen molar-refractivity contribution in [2.45, 2.75) is 13.5 Å². The highest BCUT2D eigenvalue weighted by Gasteiger charge is 2.20. The molecule has 0 atom stereocenters. The van der Waals surface area contributed by atoms with Gasteiger partial charge in [0.1, 0.15) is 0 Å². The highest BCUT2D eigenvalue weighted by molar-refractivity contribution is 7.10. The van der Waals surface area contributed by atoms with Gasteiger partial charge < -0.3 is 5.11 Å². The lowest BCUT2D eigenvalue weighted by molar-refractivity contribution is -0.109. The molecule has 0 saturated heterocycles. The van der Waals surface area contributed by atoms with Crippen molar-refractivity contribution in [1.82, 2.24) is 4.57 Å². The SMILES string of the molecule is Cc1ccccc1Cn1c(O)c(/C=C2\C(=O)C=Cc3ccccc32)sc1=O. The Bertz CT molecular complexity index is 1160. The Balaban J connectivity index is 1.77. The Kier molecular flexibility index (Phi) is 4.38. The van der Waals surface area contributed by atoms with E-state index in [1.54, 1.807) is 12.2 Å². The van der Waals surface area contributed by atoms with Crippen molar-refractivity contribution in [3.63, 3.8) is 0 Å². The van der Waals surface area contributed by atoms with E-state index in [1.165, 1.54) is 10.6 Å². The third-order valence-corrected chi connectivity index (χ3v) is 5.60. The average Bonchev–Trinajstić information content (AvgIpc) is 2.93. The fraction of sp³-hybridized carbons (Fsp3) is 0.0909. The van der Waals surface area contributed by atoms with Gasteiger partial charge in [-0.1, -0.05) is 65.9 Å². The third kappa shape index (κ3) is 3.17. The minimum absolute atomic E-state index is 0.111. The number of thiazole rings is 1. The van der Waals surface area contributed by atoms with Gasteiger partial charge in [-0.25, -0.2) is 0 Å². The van der Waals surface area contributed by atoms with Gasteiger partial charge in [-0.3, -0.25) is 14.2 Å². The summed E-state index contributed by atoms with van der Waals surface area (Å²) >= 11 is 0.941.